The standard InChI is InChI=1S/C10H12N4O3S/c11-9-5-7(1-2-10(9)18(12,15)16)13-6-8-3-4-14-17-8/h1-5,13H,6,11H2,(H2,12,15,16). The van der Waals surface area contributed by atoms with E-state index in [0.717, 1.165) is 0 Å². The lowest BCUT2D eigenvalue weighted by Gasteiger charge is -2.07. The van der Waals surface area contributed by atoms with E-state index in [1.54, 1.807) is 12.1 Å². The number of aromatic nitrogens is 1. The average molecular weight is 268 g/mol. The molecule has 1 aromatic heterocycles. The van der Waals surface area contributed by atoms with Crippen LogP contribution in [0.15, 0.2) is 39.9 Å². The normalized spacial score (nSPS) is 11.4. The van der Waals surface area contributed by atoms with Crippen LogP contribution < -0.4 is 16.2 Å². The summed E-state index contributed by atoms with van der Waals surface area (Å²) in [6.07, 6.45) is 1.54. The first-order valence-electron chi connectivity index (χ1n) is 5.02. The fraction of sp³-hybridized carbons (Fsp3) is 0.100. The highest BCUT2D eigenvalue weighted by atomic mass is 32.2. The highest BCUT2D eigenvalue weighted by Crippen LogP contribution is 2.21. The Morgan fingerprint density at radius 2 is 2.11 bits per heavy atom. The van der Waals surface area contributed by atoms with Crippen molar-refractivity contribution < 1.29 is 12.9 Å². The molecule has 0 saturated heterocycles. The molecule has 0 spiro atoms. The molecule has 7 nitrogen and oxygen atoms in total. The molecule has 0 radical (unpaired) electrons. The first-order valence-corrected chi connectivity index (χ1v) is 6.57. The summed E-state index contributed by atoms with van der Waals surface area (Å²) in [7, 11) is -3.79. The Balaban J connectivity index is 2.14. The molecule has 1 aromatic carbocycles. The van der Waals surface area contributed by atoms with Crippen LogP contribution in [0.1, 0.15) is 5.76 Å². The van der Waals surface area contributed by atoms with Gasteiger partial charge in [-0.15, -0.1) is 0 Å². The number of hydrogen-bond acceptors (Lipinski definition) is 6. The van der Waals surface area contributed by atoms with E-state index in [9.17, 15) is 8.42 Å². The molecule has 0 aliphatic carbocycles. The van der Waals surface area contributed by atoms with Crippen LogP contribution in [0.5, 0.6) is 0 Å². The molecule has 96 valence electrons. The zero-order valence-electron chi connectivity index (χ0n) is 9.33. The monoisotopic (exact) mass is 268 g/mol. The first kappa shape index (κ1) is 12.4. The van der Waals surface area contributed by atoms with E-state index in [1.165, 1.54) is 18.3 Å². The van der Waals surface area contributed by atoms with Gasteiger partial charge in [0.05, 0.1) is 18.4 Å². The maximum Gasteiger partial charge on any atom is 0.240 e. The number of benzene rings is 1. The molecule has 2 aromatic rings. The Kier molecular flexibility index (Phi) is 3.21. The molecular weight excluding hydrogens is 256 g/mol. The fourth-order valence-electron chi connectivity index (χ4n) is 1.44. The second-order valence-corrected chi connectivity index (χ2v) is 5.16. The second-order valence-electron chi connectivity index (χ2n) is 3.63. The summed E-state index contributed by atoms with van der Waals surface area (Å²) < 4.78 is 27.2. The smallest absolute Gasteiger partial charge is 0.240 e. The lowest BCUT2D eigenvalue weighted by Crippen LogP contribution is -2.14. The summed E-state index contributed by atoms with van der Waals surface area (Å²) in [5.74, 6) is 0.657. The van der Waals surface area contributed by atoms with Crippen LogP contribution in [0.25, 0.3) is 0 Å². The molecule has 5 N–H and O–H groups in total. The quantitative estimate of drug-likeness (QED) is 0.694. The van der Waals surface area contributed by atoms with Crippen molar-refractivity contribution >= 4 is 21.4 Å². The number of sulfonamides is 1. The van der Waals surface area contributed by atoms with Gasteiger partial charge in [-0.05, 0) is 18.2 Å². The summed E-state index contributed by atoms with van der Waals surface area (Å²) in [6, 6.07) is 6.14. The predicted molar refractivity (Wildman–Crippen MR) is 66.1 cm³/mol. The van der Waals surface area contributed by atoms with Crippen LogP contribution in [-0.2, 0) is 16.6 Å². The zero-order chi connectivity index (χ0) is 13.2. The largest absolute Gasteiger partial charge is 0.398 e. The van der Waals surface area contributed by atoms with Gasteiger partial charge in [-0.25, -0.2) is 13.6 Å². The van der Waals surface area contributed by atoms with Crippen LogP contribution in [0.3, 0.4) is 0 Å². The van der Waals surface area contributed by atoms with Crippen molar-refractivity contribution in [1.82, 2.24) is 5.16 Å². The summed E-state index contributed by atoms with van der Waals surface area (Å²) in [6.45, 7) is 0.425. The molecule has 18 heavy (non-hydrogen) atoms. The van der Waals surface area contributed by atoms with E-state index in [1.807, 2.05) is 0 Å². The molecule has 0 aliphatic heterocycles. The van der Waals surface area contributed by atoms with Crippen LogP contribution >= 0.6 is 0 Å². The van der Waals surface area contributed by atoms with E-state index in [4.69, 9.17) is 15.4 Å². The number of nitrogens with two attached hydrogens (primary N) is 2. The summed E-state index contributed by atoms with van der Waals surface area (Å²) >= 11 is 0. The molecule has 0 amide bonds. The van der Waals surface area contributed by atoms with Crippen LogP contribution in [-0.4, -0.2) is 13.6 Å². The van der Waals surface area contributed by atoms with Gasteiger partial charge in [0.2, 0.25) is 10.0 Å². The van der Waals surface area contributed by atoms with Crippen molar-refractivity contribution in [2.45, 2.75) is 11.4 Å². The number of hydrogen-bond donors (Lipinski definition) is 3. The lowest BCUT2D eigenvalue weighted by atomic mass is 10.3. The molecule has 0 fully saturated rings. The summed E-state index contributed by atoms with van der Waals surface area (Å²) in [5, 5.41) is 11.6. The van der Waals surface area contributed by atoms with Crippen molar-refractivity contribution in [3.63, 3.8) is 0 Å². The number of nitrogen functional groups attached to an aromatic ring is 1. The zero-order valence-corrected chi connectivity index (χ0v) is 10.1. The highest BCUT2D eigenvalue weighted by molar-refractivity contribution is 7.89. The molecule has 8 heteroatoms. The molecule has 0 saturated carbocycles. The maximum atomic E-state index is 11.2. The van der Waals surface area contributed by atoms with Gasteiger partial charge < -0.3 is 15.6 Å². The van der Waals surface area contributed by atoms with Crippen molar-refractivity contribution in [3.8, 4) is 0 Å². The van der Waals surface area contributed by atoms with E-state index in [2.05, 4.69) is 10.5 Å². The minimum atomic E-state index is -3.79. The maximum absolute atomic E-state index is 11.2. The summed E-state index contributed by atoms with van der Waals surface area (Å²) in [5.41, 5.74) is 6.38. The molecule has 0 bridgehead atoms. The van der Waals surface area contributed by atoms with Crippen molar-refractivity contribution in [2.75, 3.05) is 11.1 Å². The average Bonchev–Trinajstić information content (AvgIpc) is 2.77. The van der Waals surface area contributed by atoms with Gasteiger partial charge in [-0.3, -0.25) is 0 Å². The number of nitrogens with zero attached hydrogens (tertiary/aromatic N) is 1. The molecule has 0 aliphatic rings. The van der Waals surface area contributed by atoms with E-state index >= 15 is 0 Å². The minimum absolute atomic E-state index is 0.0901. The predicted octanol–water partition coefficient (Wildman–Crippen LogP) is 0.516. The lowest BCUT2D eigenvalue weighted by molar-refractivity contribution is 0.388. The Labute approximate surface area is 104 Å². The number of primary sulfonamides is 1. The van der Waals surface area contributed by atoms with Gasteiger partial charge in [-0.1, -0.05) is 5.16 Å². The Bertz CT molecular complexity index is 637. The molecular formula is C10H12N4O3S. The Morgan fingerprint density at radius 3 is 2.67 bits per heavy atom. The van der Waals surface area contributed by atoms with Gasteiger partial charge in [-0.2, -0.15) is 0 Å². The first-order chi connectivity index (χ1) is 8.47. The SMILES string of the molecule is Nc1cc(NCc2ccno2)ccc1S(N)(=O)=O. The van der Waals surface area contributed by atoms with E-state index in [0.29, 0.717) is 18.0 Å². The van der Waals surface area contributed by atoms with Gasteiger partial charge in [0, 0.05) is 11.8 Å². The van der Waals surface area contributed by atoms with E-state index < -0.39 is 10.0 Å². The van der Waals surface area contributed by atoms with Crippen molar-refractivity contribution in [2.24, 2.45) is 5.14 Å². The summed E-state index contributed by atoms with van der Waals surface area (Å²) in [4.78, 5) is -0.0901. The van der Waals surface area contributed by atoms with Gasteiger partial charge in [0.15, 0.2) is 5.76 Å². The van der Waals surface area contributed by atoms with Gasteiger partial charge in [0.1, 0.15) is 4.90 Å². The van der Waals surface area contributed by atoms with E-state index in [-0.39, 0.29) is 10.6 Å². The fourth-order valence-corrected chi connectivity index (χ4v) is 2.09. The molecule has 2 rings (SSSR count). The third kappa shape index (κ3) is 2.79. The second kappa shape index (κ2) is 4.67. The highest BCUT2D eigenvalue weighted by Gasteiger charge is 2.12. The minimum Gasteiger partial charge on any atom is -0.398 e. The number of rotatable bonds is 4. The Hall–Kier alpha value is -2.06. The number of anilines is 2. The van der Waals surface area contributed by atoms with Crippen LogP contribution in [0, 0.1) is 0 Å². The Morgan fingerprint density at radius 1 is 1.33 bits per heavy atom. The van der Waals surface area contributed by atoms with Gasteiger partial charge in [0.25, 0.3) is 0 Å². The number of nitrogens with one attached hydrogen (secondary N) is 1. The third-order valence-corrected chi connectivity index (χ3v) is 3.26. The van der Waals surface area contributed by atoms with Gasteiger partial charge >= 0.3 is 0 Å². The topological polar surface area (TPSA) is 124 Å². The molecule has 1 heterocycles. The molecule has 0 unspecified atom stereocenters. The van der Waals surface area contributed by atoms with Crippen LogP contribution in [0.2, 0.25) is 0 Å². The van der Waals surface area contributed by atoms with Crippen LogP contribution in [0.4, 0.5) is 11.4 Å². The third-order valence-electron chi connectivity index (χ3n) is 2.27. The molecule has 0 atom stereocenters. The van der Waals surface area contributed by atoms with Crippen molar-refractivity contribution in [1.29, 1.82) is 0 Å². The van der Waals surface area contributed by atoms with Crippen molar-refractivity contribution in [3.05, 3.63) is 36.2 Å².